The minimum atomic E-state index is -3.90. The Morgan fingerprint density at radius 2 is 1.75 bits per heavy atom. The molecule has 7 nitrogen and oxygen atoms in total. The molecule has 4 aromatic rings. The number of anilines is 1. The first-order chi connectivity index (χ1) is 15.3. The number of sulfonamides is 1. The summed E-state index contributed by atoms with van der Waals surface area (Å²) in [4.78, 5) is 20.0. The maximum absolute atomic E-state index is 12.9. The van der Waals surface area contributed by atoms with Crippen molar-refractivity contribution in [1.82, 2.24) is 9.97 Å². The van der Waals surface area contributed by atoms with Gasteiger partial charge in [-0.1, -0.05) is 32.0 Å². The van der Waals surface area contributed by atoms with Gasteiger partial charge in [-0.3, -0.25) is 4.72 Å². The Bertz CT molecular complexity index is 1360. The molecule has 0 unspecified atom stereocenters. The number of esters is 1. The second kappa shape index (κ2) is 8.47. The number of aromatic nitrogens is 2. The minimum Gasteiger partial charge on any atom is -0.465 e. The number of para-hydroxylation sites is 2. The van der Waals surface area contributed by atoms with Crippen LogP contribution in [-0.4, -0.2) is 31.5 Å². The van der Waals surface area contributed by atoms with Crippen LogP contribution in [0.25, 0.3) is 22.4 Å². The Kier molecular flexibility index (Phi) is 5.71. The summed E-state index contributed by atoms with van der Waals surface area (Å²) in [6.45, 7) is 3.86. The second-order valence-corrected chi connectivity index (χ2v) is 9.36. The van der Waals surface area contributed by atoms with Crippen LogP contribution in [0.1, 0.15) is 35.7 Å². The molecule has 0 bridgehead atoms. The molecule has 8 heteroatoms. The smallest absolute Gasteiger partial charge is 0.338 e. The number of imidazole rings is 1. The van der Waals surface area contributed by atoms with E-state index >= 15 is 0 Å². The zero-order valence-corrected chi connectivity index (χ0v) is 18.7. The van der Waals surface area contributed by atoms with Gasteiger partial charge >= 0.3 is 5.97 Å². The van der Waals surface area contributed by atoms with E-state index in [1.54, 1.807) is 30.3 Å². The van der Waals surface area contributed by atoms with Crippen LogP contribution >= 0.6 is 0 Å². The molecule has 32 heavy (non-hydrogen) atoms. The van der Waals surface area contributed by atoms with Crippen molar-refractivity contribution < 1.29 is 17.9 Å². The normalized spacial score (nSPS) is 11.6. The highest BCUT2D eigenvalue weighted by Crippen LogP contribution is 2.26. The van der Waals surface area contributed by atoms with Crippen molar-refractivity contribution in [2.45, 2.75) is 24.7 Å². The fourth-order valence-corrected chi connectivity index (χ4v) is 4.58. The Labute approximate surface area is 186 Å². The van der Waals surface area contributed by atoms with Gasteiger partial charge in [0, 0.05) is 11.3 Å². The Morgan fingerprint density at radius 1 is 1.03 bits per heavy atom. The molecule has 0 spiro atoms. The lowest BCUT2D eigenvalue weighted by atomic mass is 9.97. The number of rotatable bonds is 6. The largest absolute Gasteiger partial charge is 0.465 e. The van der Waals surface area contributed by atoms with Gasteiger partial charge < -0.3 is 9.72 Å². The number of methoxy groups -OCH3 is 1. The van der Waals surface area contributed by atoms with Gasteiger partial charge in [-0.05, 0) is 60.0 Å². The first-order valence-electron chi connectivity index (χ1n) is 10.1. The molecular formula is C24H23N3O4S. The predicted molar refractivity (Wildman–Crippen MR) is 124 cm³/mol. The summed E-state index contributed by atoms with van der Waals surface area (Å²) >= 11 is 0. The first-order valence-corrected chi connectivity index (χ1v) is 11.6. The van der Waals surface area contributed by atoms with Crippen LogP contribution in [0.4, 0.5) is 5.69 Å². The van der Waals surface area contributed by atoms with Gasteiger partial charge in [0.2, 0.25) is 0 Å². The Hall–Kier alpha value is -3.65. The summed E-state index contributed by atoms with van der Waals surface area (Å²) in [7, 11) is -2.63. The minimum absolute atomic E-state index is 0.0105. The lowest BCUT2D eigenvalue weighted by molar-refractivity contribution is 0.0598. The van der Waals surface area contributed by atoms with Crippen molar-refractivity contribution >= 4 is 32.7 Å². The number of nitrogens with zero attached hydrogens (tertiary/aromatic N) is 1. The molecule has 3 aromatic carbocycles. The maximum Gasteiger partial charge on any atom is 0.338 e. The third-order valence-corrected chi connectivity index (χ3v) is 6.54. The van der Waals surface area contributed by atoms with E-state index in [1.165, 1.54) is 19.2 Å². The summed E-state index contributed by atoms with van der Waals surface area (Å²) in [5.41, 5.74) is 3.99. The number of hydrogen-bond donors (Lipinski definition) is 2. The number of aromatic amines is 1. The van der Waals surface area contributed by atoms with Crippen molar-refractivity contribution in [2.75, 3.05) is 11.8 Å². The predicted octanol–water partition coefficient (Wildman–Crippen LogP) is 4.94. The first kappa shape index (κ1) is 21.6. The van der Waals surface area contributed by atoms with E-state index in [9.17, 15) is 13.2 Å². The van der Waals surface area contributed by atoms with E-state index in [2.05, 4.69) is 14.7 Å². The summed E-state index contributed by atoms with van der Waals surface area (Å²) in [5.74, 6) is 0.174. The van der Waals surface area contributed by atoms with Crippen molar-refractivity contribution in [1.29, 1.82) is 0 Å². The van der Waals surface area contributed by atoms with Crippen molar-refractivity contribution in [3.8, 4) is 11.4 Å². The third-order valence-electron chi connectivity index (χ3n) is 5.16. The standard InChI is InChI=1S/C24H23N3O4S/c1-15(2)19-13-12-18(14-20(19)24(28)31-3)32(29,30)27-17-10-8-16(9-11-17)23-25-21-6-4-5-7-22(21)26-23/h4-15,27H,1-3H3,(H,25,26). The van der Waals surface area contributed by atoms with Crippen LogP contribution in [0.3, 0.4) is 0 Å². The molecule has 0 atom stereocenters. The number of ether oxygens (including phenoxy) is 1. The van der Waals surface area contributed by atoms with Gasteiger partial charge in [-0.25, -0.2) is 18.2 Å². The quantitative estimate of drug-likeness (QED) is 0.406. The van der Waals surface area contributed by atoms with Crippen molar-refractivity contribution in [3.05, 3.63) is 77.9 Å². The van der Waals surface area contributed by atoms with Crippen molar-refractivity contribution in [3.63, 3.8) is 0 Å². The molecule has 0 amide bonds. The number of benzene rings is 3. The SMILES string of the molecule is COC(=O)c1cc(S(=O)(=O)Nc2ccc(-c3nc4ccccc4[nH]3)cc2)ccc1C(C)C. The highest BCUT2D eigenvalue weighted by atomic mass is 32.2. The Balaban J connectivity index is 1.60. The molecule has 0 saturated heterocycles. The number of fused-ring (bicyclic) bond motifs is 1. The number of H-pyrrole nitrogens is 1. The van der Waals surface area contributed by atoms with Crippen LogP contribution in [-0.2, 0) is 14.8 Å². The number of carbonyl (C=O) groups excluding carboxylic acids is 1. The van der Waals surface area contributed by atoms with Crippen LogP contribution in [0.15, 0.2) is 71.6 Å². The molecule has 164 valence electrons. The zero-order chi connectivity index (χ0) is 22.9. The van der Waals surface area contributed by atoms with Gasteiger partial charge in [0.05, 0.1) is 28.6 Å². The van der Waals surface area contributed by atoms with Gasteiger partial charge in [-0.15, -0.1) is 0 Å². The second-order valence-electron chi connectivity index (χ2n) is 7.68. The molecule has 0 radical (unpaired) electrons. The van der Waals surface area contributed by atoms with Crippen molar-refractivity contribution in [2.24, 2.45) is 0 Å². The molecule has 0 aliphatic carbocycles. The monoisotopic (exact) mass is 449 g/mol. The number of hydrogen-bond acceptors (Lipinski definition) is 5. The zero-order valence-electron chi connectivity index (χ0n) is 17.9. The molecule has 2 N–H and O–H groups in total. The average molecular weight is 450 g/mol. The fraction of sp³-hybridized carbons (Fsp3) is 0.167. The third kappa shape index (κ3) is 4.22. The molecule has 0 aliphatic rings. The van der Waals surface area contributed by atoms with Gasteiger partial charge in [0.25, 0.3) is 10.0 Å². The summed E-state index contributed by atoms with van der Waals surface area (Å²) in [6.07, 6.45) is 0. The topological polar surface area (TPSA) is 101 Å². The van der Waals surface area contributed by atoms with Gasteiger partial charge in [0.1, 0.15) is 5.82 Å². The summed E-state index contributed by atoms with van der Waals surface area (Å²) < 4.78 is 33.3. The van der Waals surface area contributed by atoms with E-state index in [0.29, 0.717) is 11.5 Å². The van der Waals surface area contributed by atoms with Crippen LogP contribution < -0.4 is 4.72 Å². The Morgan fingerprint density at radius 3 is 2.41 bits per heavy atom. The van der Waals surface area contributed by atoms with E-state index in [4.69, 9.17) is 4.74 Å². The lowest BCUT2D eigenvalue weighted by Gasteiger charge is -2.14. The average Bonchev–Trinajstić information content (AvgIpc) is 3.22. The molecule has 0 saturated carbocycles. The number of nitrogens with one attached hydrogen (secondary N) is 2. The van der Waals surface area contributed by atoms with Gasteiger partial charge in [0.15, 0.2) is 0 Å². The van der Waals surface area contributed by atoms with Crippen LogP contribution in [0, 0.1) is 0 Å². The lowest BCUT2D eigenvalue weighted by Crippen LogP contribution is -2.15. The van der Waals surface area contributed by atoms with Crippen LogP contribution in [0.5, 0.6) is 0 Å². The van der Waals surface area contributed by atoms with E-state index < -0.39 is 16.0 Å². The maximum atomic E-state index is 12.9. The van der Waals surface area contributed by atoms with E-state index in [0.717, 1.165) is 22.2 Å². The van der Waals surface area contributed by atoms with E-state index in [-0.39, 0.29) is 16.4 Å². The van der Waals surface area contributed by atoms with Crippen LogP contribution in [0.2, 0.25) is 0 Å². The molecule has 0 fully saturated rings. The van der Waals surface area contributed by atoms with Gasteiger partial charge in [-0.2, -0.15) is 0 Å². The summed E-state index contributed by atoms with van der Waals surface area (Å²) in [6, 6.07) is 19.1. The number of carbonyl (C=O) groups is 1. The molecule has 1 aromatic heterocycles. The highest BCUT2D eigenvalue weighted by Gasteiger charge is 2.21. The highest BCUT2D eigenvalue weighted by molar-refractivity contribution is 7.92. The molecule has 4 rings (SSSR count). The van der Waals surface area contributed by atoms with E-state index in [1.807, 2.05) is 38.1 Å². The molecular weight excluding hydrogens is 426 g/mol. The summed E-state index contributed by atoms with van der Waals surface area (Å²) in [5, 5.41) is 0. The molecule has 0 aliphatic heterocycles. The molecule has 1 heterocycles. The fourth-order valence-electron chi connectivity index (χ4n) is 3.49.